The molecule has 0 unspecified atom stereocenters. The highest BCUT2D eigenvalue weighted by Crippen LogP contribution is 2.27. The van der Waals surface area contributed by atoms with Crippen molar-refractivity contribution in [1.82, 2.24) is 0 Å². The number of hydrogen-bond donors (Lipinski definition) is 1. The number of hydrogen-bond acceptors (Lipinski definition) is 4. The highest BCUT2D eigenvalue weighted by atomic mass is 16.5. The van der Waals surface area contributed by atoms with Crippen molar-refractivity contribution in [3.8, 4) is 0 Å². The number of benzene rings is 1. The summed E-state index contributed by atoms with van der Waals surface area (Å²) in [7, 11) is 0. The molecule has 1 aromatic rings. The fourth-order valence-corrected chi connectivity index (χ4v) is 2.67. The largest absolute Gasteiger partial charge is 0.456 e. The zero-order valence-electron chi connectivity index (χ0n) is 12.8. The minimum atomic E-state index is -0.402. The predicted molar refractivity (Wildman–Crippen MR) is 82.6 cm³/mol. The first-order valence-electron chi connectivity index (χ1n) is 7.61. The summed E-state index contributed by atoms with van der Waals surface area (Å²) in [5, 5.41) is 2.62. The minimum Gasteiger partial charge on any atom is -0.456 e. The van der Waals surface area contributed by atoms with E-state index < -0.39 is 5.91 Å². The van der Waals surface area contributed by atoms with Gasteiger partial charge in [0.25, 0.3) is 5.91 Å². The molecule has 0 bridgehead atoms. The van der Waals surface area contributed by atoms with E-state index in [0.717, 1.165) is 12.8 Å². The summed E-state index contributed by atoms with van der Waals surface area (Å²) in [6, 6.07) is 6.66. The third-order valence-electron chi connectivity index (χ3n) is 3.85. The zero-order chi connectivity index (χ0) is 15.9. The van der Waals surface area contributed by atoms with Crippen LogP contribution in [0.25, 0.3) is 0 Å². The van der Waals surface area contributed by atoms with Gasteiger partial charge >= 0.3 is 5.97 Å². The fraction of sp³-hybridized carbons (Fsp3) is 0.471. The quantitative estimate of drug-likeness (QED) is 0.648. The molecular formula is C17H21NO4. The van der Waals surface area contributed by atoms with Crippen molar-refractivity contribution in [2.24, 2.45) is 5.92 Å². The number of rotatable bonds is 6. The van der Waals surface area contributed by atoms with Gasteiger partial charge in [0.05, 0.1) is 0 Å². The van der Waals surface area contributed by atoms with E-state index in [0.29, 0.717) is 23.6 Å². The van der Waals surface area contributed by atoms with Gasteiger partial charge in [0.15, 0.2) is 12.4 Å². The number of anilines is 1. The number of esters is 1. The monoisotopic (exact) mass is 303 g/mol. The third-order valence-corrected chi connectivity index (χ3v) is 3.85. The molecule has 2 rings (SSSR count). The summed E-state index contributed by atoms with van der Waals surface area (Å²) in [5.74, 6) is -0.387. The first-order chi connectivity index (χ1) is 10.5. The lowest BCUT2D eigenvalue weighted by atomic mass is 10.1. The summed E-state index contributed by atoms with van der Waals surface area (Å²) in [6.45, 7) is 1.17. The van der Waals surface area contributed by atoms with Gasteiger partial charge in [-0.1, -0.05) is 25.0 Å². The molecule has 0 saturated heterocycles. The first-order valence-corrected chi connectivity index (χ1v) is 7.61. The van der Waals surface area contributed by atoms with E-state index in [2.05, 4.69) is 5.32 Å². The number of ketones is 1. The first kappa shape index (κ1) is 16.2. The second kappa shape index (κ2) is 7.73. The van der Waals surface area contributed by atoms with Crippen LogP contribution in [0.15, 0.2) is 24.3 Å². The van der Waals surface area contributed by atoms with E-state index in [9.17, 15) is 14.4 Å². The van der Waals surface area contributed by atoms with Crippen LogP contribution in [0.4, 0.5) is 5.69 Å². The van der Waals surface area contributed by atoms with Crippen molar-refractivity contribution in [3.05, 3.63) is 29.8 Å². The van der Waals surface area contributed by atoms with Crippen LogP contribution in [-0.4, -0.2) is 24.3 Å². The van der Waals surface area contributed by atoms with Crippen LogP contribution in [-0.2, 0) is 14.3 Å². The normalized spacial score (nSPS) is 14.6. The molecule has 5 heteroatoms. The lowest BCUT2D eigenvalue weighted by Gasteiger charge is -2.09. The number of carbonyl (C=O) groups is 3. The molecule has 1 amide bonds. The molecule has 1 fully saturated rings. The summed E-state index contributed by atoms with van der Waals surface area (Å²) in [4.78, 5) is 34.7. The van der Waals surface area contributed by atoms with E-state index in [4.69, 9.17) is 4.74 Å². The number of amides is 1. The molecule has 1 N–H and O–H groups in total. The Morgan fingerprint density at radius 1 is 1.23 bits per heavy atom. The smallest absolute Gasteiger partial charge is 0.306 e. The molecule has 0 aliphatic heterocycles. The Hall–Kier alpha value is -2.17. The van der Waals surface area contributed by atoms with Crippen LogP contribution in [0.3, 0.4) is 0 Å². The van der Waals surface area contributed by atoms with Crippen molar-refractivity contribution >= 4 is 23.3 Å². The summed E-state index contributed by atoms with van der Waals surface area (Å²) < 4.78 is 5.00. The average molecular weight is 303 g/mol. The average Bonchev–Trinajstić information content (AvgIpc) is 2.98. The van der Waals surface area contributed by atoms with E-state index >= 15 is 0 Å². The van der Waals surface area contributed by atoms with E-state index in [1.54, 1.807) is 24.3 Å². The van der Waals surface area contributed by atoms with Gasteiger partial charge in [0.2, 0.25) is 0 Å². The molecular weight excluding hydrogens is 282 g/mol. The fourth-order valence-electron chi connectivity index (χ4n) is 2.67. The highest BCUT2D eigenvalue weighted by molar-refractivity contribution is 5.97. The molecule has 0 spiro atoms. The van der Waals surface area contributed by atoms with Gasteiger partial charge in [-0.15, -0.1) is 0 Å². The SMILES string of the molecule is CC(=O)c1cccc(NC(=O)COC(=O)CC2CCCC2)c1. The lowest BCUT2D eigenvalue weighted by Crippen LogP contribution is -2.21. The Labute approximate surface area is 130 Å². The summed E-state index contributed by atoms with van der Waals surface area (Å²) >= 11 is 0. The van der Waals surface area contributed by atoms with Gasteiger partial charge in [0.1, 0.15) is 0 Å². The Kier molecular flexibility index (Phi) is 5.69. The maximum absolute atomic E-state index is 11.8. The molecule has 22 heavy (non-hydrogen) atoms. The molecule has 5 nitrogen and oxygen atoms in total. The maximum atomic E-state index is 11.8. The van der Waals surface area contributed by atoms with Crippen LogP contribution in [0.2, 0.25) is 0 Å². The number of nitrogens with one attached hydrogen (secondary N) is 1. The Morgan fingerprint density at radius 2 is 1.95 bits per heavy atom. The molecule has 0 atom stereocenters. The lowest BCUT2D eigenvalue weighted by molar-refractivity contribution is -0.148. The Bertz CT molecular complexity index is 562. The molecule has 0 heterocycles. The van der Waals surface area contributed by atoms with Gasteiger partial charge in [-0.25, -0.2) is 0 Å². The summed E-state index contributed by atoms with van der Waals surface area (Å²) in [6.07, 6.45) is 4.88. The molecule has 0 aromatic heterocycles. The molecule has 1 saturated carbocycles. The zero-order valence-corrected chi connectivity index (χ0v) is 12.8. The van der Waals surface area contributed by atoms with Crippen molar-refractivity contribution in [2.75, 3.05) is 11.9 Å². The number of ether oxygens (including phenoxy) is 1. The Balaban J connectivity index is 1.76. The Morgan fingerprint density at radius 3 is 2.64 bits per heavy atom. The van der Waals surface area contributed by atoms with Gasteiger partial charge in [-0.3, -0.25) is 14.4 Å². The molecule has 1 aliphatic carbocycles. The molecule has 0 radical (unpaired) electrons. The van der Waals surface area contributed by atoms with Gasteiger partial charge in [0, 0.05) is 17.7 Å². The second-order valence-corrected chi connectivity index (χ2v) is 5.70. The van der Waals surface area contributed by atoms with Crippen LogP contribution in [0, 0.1) is 5.92 Å². The van der Waals surface area contributed by atoms with Crippen LogP contribution < -0.4 is 5.32 Å². The molecule has 118 valence electrons. The van der Waals surface area contributed by atoms with Crippen molar-refractivity contribution in [2.45, 2.75) is 39.0 Å². The number of carbonyl (C=O) groups excluding carboxylic acids is 3. The molecule has 1 aliphatic rings. The van der Waals surface area contributed by atoms with Gasteiger partial charge in [-0.05, 0) is 37.8 Å². The number of Topliss-reactive ketones (excluding diaryl/α,β-unsaturated/α-hetero) is 1. The van der Waals surface area contributed by atoms with Crippen molar-refractivity contribution < 1.29 is 19.1 Å². The van der Waals surface area contributed by atoms with E-state index in [1.165, 1.54) is 19.8 Å². The van der Waals surface area contributed by atoms with Gasteiger partial charge in [-0.2, -0.15) is 0 Å². The van der Waals surface area contributed by atoms with Crippen molar-refractivity contribution in [1.29, 1.82) is 0 Å². The second-order valence-electron chi connectivity index (χ2n) is 5.70. The topological polar surface area (TPSA) is 72.5 Å². The van der Waals surface area contributed by atoms with Crippen LogP contribution >= 0.6 is 0 Å². The van der Waals surface area contributed by atoms with Gasteiger partial charge < -0.3 is 10.1 Å². The highest BCUT2D eigenvalue weighted by Gasteiger charge is 2.19. The van der Waals surface area contributed by atoms with Crippen LogP contribution in [0.5, 0.6) is 0 Å². The standard InChI is InChI=1S/C17H21NO4/c1-12(19)14-7-4-8-15(10-14)18-16(20)11-22-17(21)9-13-5-2-3-6-13/h4,7-8,10,13H,2-3,5-6,9,11H2,1H3,(H,18,20). The van der Waals surface area contributed by atoms with E-state index in [-0.39, 0.29) is 18.4 Å². The predicted octanol–water partition coefficient (Wildman–Crippen LogP) is 2.95. The molecule has 1 aromatic carbocycles. The van der Waals surface area contributed by atoms with Crippen molar-refractivity contribution in [3.63, 3.8) is 0 Å². The minimum absolute atomic E-state index is 0.0703. The van der Waals surface area contributed by atoms with E-state index in [1.807, 2.05) is 0 Å². The van der Waals surface area contributed by atoms with Crippen LogP contribution in [0.1, 0.15) is 49.4 Å². The summed E-state index contributed by atoms with van der Waals surface area (Å²) in [5.41, 5.74) is 1.04. The third kappa shape index (κ3) is 4.98. The maximum Gasteiger partial charge on any atom is 0.306 e.